The smallest absolute Gasteiger partial charge is 0.504 e. The number of rotatable bonds is 2. The molecule has 0 aliphatic rings. The van der Waals surface area contributed by atoms with Crippen LogP contribution in [-0.4, -0.2) is 17.3 Å². The zero-order chi connectivity index (χ0) is 11.6. The number of nitrogens with two attached hydrogens (primary N) is 1. The van der Waals surface area contributed by atoms with Crippen LogP contribution in [0.1, 0.15) is 5.56 Å². The van der Waals surface area contributed by atoms with E-state index in [0.29, 0.717) is 0 Å². The van der Waals surface area contributed by atoms with Gasteiger partial charge in [0.15, 0.2) is 11.5 Å². The van der Waals surface area contributed by atoms with Crippen molar-refractivity contribution in [2.24, 2.45) is 5.73 Å². The fraction of sp³-hybridized carbons (Fsp3) is 0.125. The summed E-state index contributed by atoms with van der Waals surface area (Å²) in [6.45, 7) is 0. The molecule has 0 saturated heterocycles. The van der Waals surface area contributed by atoms with E-state index in [0.717, 1.165) is 18.2 Å². The maximum Gasteiger partial charge on any atom is 0.573 e. The monoisotopic (exact) mass is 220 g/mol. The molecule has 0 bridgehead atoms. The maximum atomic E-state index is 11.8. The molecule has 0 aliphatic heterocycles. The molecule has 0 fully saturated rings. The lowest BCUT2D eigenvalue weighted by molar-refractivity contribution is -0.275. The minimum atomic E-state index is -4.87. The molecule has 7 heteroatoms. The third-order valence-electron chi connectivity index (χ3n) is 1.50. The van der Waals surface area contributed by atoms with E-state index in [9.17, 15) is 13.2 Å². The van der Waals surface area contributed by atoms with Crippen molar-refractivity contribution in [1.82, 2.24) is 0 Å². The van der Waals surface area contributed by atoms with Crippen LogP contribution in [0.2, 0.25) is 0 Å². The van der Waals surface area contributed by atoms with Crippen LogP contribution in [0.4, 0.5) is 13.2 Å². The van der Waals surface area contributed by atoms with Gasteiger partial charge in [0.2, 0.25) is 0 Å². The lowest BCUT2D eigenvalue weighted by atomic mass is 10.2. The standard InChI is InChI=1S/C8H7F3N2O2/c9-8(10,11)15-6-2-1-4(7(12)13)3-5(6)14/h1-3,14H,(H3,12,13). The van der Waals surface area contributed by atoms with Crippen molar-refractivity contribution in [3.63, 3.8) is 0 Å². The number of hydrogen-bond donors (Lipinski definition) is 3. The van der Waals surface area contributed by atoms with Crippen molar-refractivity contribution in [3.8, 4) is 11.5 Å². The van der Waals surface area contributed by atoms with E-state index in [-0.39, 0.29) is 11.4 Å². The Bertz CT molecular complexity index is 390. The molecule has 0 unspecified atom stereocenters. The van der Waals surface area contributed by atoms with E-state index < -0.39 is 17.9 Å². The van der Waals surface area contributed by atoms with E-state index in [2.05, 4.69) is 4.74 Å². The lowest BCUT2D eigenvalue weighted by Gasteiger charge is -2.10. The van der Waals surface area contributed by atoms with E-state index in [1.165, 1.54) is 0 Å². The molecule has 0 aromatic heterocycles. The summed E-state index contributed by atoms with van der Waals surface area (Å²) in [6, 6.07) is 2.95. The third kappa shape index (κ3) is 3.04. The molecule has 82 valence electrons. The number of nitrogens with one attached hydrogen (secondary N) is 1. The van der Waals surface area contributed by atoms with E-state index >= 15 is 0 Å². The highest BCUT2D eigenvalue weighted by atomic mass is 19.4. The molecule has 0 atom stereocenters. The summed E-state index contributed by atoms with van der Waals surface area (Å²) in [5.74, 6) is -1.81. The number of aromatic hydroxyl groups is 1. The molecule has 1 aromatic carbocycles. The minimum Gasteiger partial charge on any atom is -0.504 e. The summed E-state index contributed by atoms with van der Waals surface area (Å²) in [7, 11) is 0. The van der Waals surface area contributed by atoms with E-state index in [1.54, 1.807) is 0 Å². The quantitative estimate of drug-likeness (QED) is 0.522. The highest BCUT2D eigenvalue weighted by molar-refractivity contribution is 5.95. The Labute approximate surface area is 82.6 Å². The Morgan fingerprint density at radius 1 is 1.40 bits per heavy atom. The van der Waals surface area contributed by atoms with E-state index in [4.69, 9.17) is 16.2 Å². The number of nitrogen functional groups attached to an aromatic ring is 1. The van der Waals surface area contributed by atoms with Gasteiger partial charge in [0.05, 0.1) is 0 Å². The van der Waals surface area contributed by atoms with Crippen LogP contribution < -0.4 is 10.5 Å². The minimum absolute atomic E-state index is 0.113. The van der Waals surface area contributed by atoms with Gasteiger partial charge in [0.1, 0.15) is 5.84 Å². The Morgan fingerprint density at radius 3 is 2.40 bits per heavy atom. The first-order valence-electron chi connectivity index (χ1n) is 3.73. The van der Waals surface area contributed by atoms with Crippen LogP contribution in [0.25, 0.3) is 0 Å². The summed E-state index contributed by atoms with van der Waals surface area (Å²) in [5, 5.41) is 16.1. The first-order chi connectivity index (χ1) is 6.79. The highest BCUT2D eigenvalue weighted by Gasteiger charge is 2.32. The van der Waals surface area contributed by atoms with Crippen molar-refractivity contribution < 1.29 is 23.0 Å². The van der Waals surface area contributed by atoms with Crippen molar-refractivity contribution >= 4 is 5.84 Å². The van der Waals surface area contributed by atoms with Gasteiger partial charge in [-0.25, -0.2) is 0 Å². The molecule has 15 heavy (non-hydrogen) atoms. The topological polar surface area (TPSA) is 79.3 Å². The summed E-state index contributed by atoms with van der Waals surface area (Å²) in [6.07, 6.45) is -4.87. The summed E-state index contributed by atoms with van der Waals surface area (Å²) in [5.41, 5.74) is 5.18. The average Bonchev–Trinajstić information content (AvgIpc) is 2.05. The number of phenolic OH excluding ortho intramolecular Hbond substituents is 1. The molecule has 4 N–H and O–H groups in total. The number of halogens is 3. The van der Waals surface area contributed by atoms with Crippen LogP contribution >= 0.6 is 0 Å². The van der Waals surface area contributed by atoms with Crippen molar-refractivity contribution in [2.45, 2.75) is 6.36 Å². The fourth-order valence-corrected chi connectivity index (χ4v) is 0.896. The molecule has 0 saturated carbocycles. The highest BCUT2D eigenvalue weighted by Crippen LogP contribution is 2.31. The molecule has 0 aliphatic carbocycles. The second kappa shape index (κ2) is 3.68. The lowest BCUT2D eigenvalue weighted by Crippen LogP contribution is -2.17. The van der Waals surface area contributed by atoms with Gasteiger partial charge in [-0.2, -0.15) is 0 Å². The normalized spacial score (nSPS) is 11.1. The second-order valence-corrected chi connectivity index (χ2v) is 2.64. The maximum absolute atomic E-state index is 11.8. The fourth-order valence-electron chi connectivity index (χ4n) is 0.896. The average molecular weight is 220 g/mol. The number of benzene rings is 1. The second-order valence-electron chi connectivity index (χ2n) is 2.64. The number of amidine groups is 1. The van der Waals surface area contributed by atoms with Crippen LogP contribution in [0.3, 0.4) is 0 Å². The Balaban J connectivity index is 2.99. The van der Waals surface area contributed by atoms with Crippen LogP contribution in [0.5, 0.6) is 11.5 Å². The first kappa shape index (κ1) is 11.2. The van der Waals surface area contributed by atoms with Crippen LogP contribution in [0, 0.1) is 5.41 Å². The first-order valence-corrected chi connectivity index (χ1v) is 3.73. The number of phenols is 1. The van der Waals surface area contributed by atoms with Gasteiger partial charge >= 0.3 is 6.36 Å². The van der Waals surface area contributed by atoms with Crippen LogP contribution in [-0.2, 0) is 0 Å². The largest absolute Gasteiger partial charge is 0.573 e. The molecule has 1 aromatic rings. The van der Waals surface area contributed by atoms with E-state index in [1.807, 2.05) is 0 Å². The molecular formula is C8H7F3N2O2. The number of ether oxygens (including phenoxy) is 1. The zero-order valence-electron chi connectivity index (χ0n) is 7.30. The molecule has 0 radical (unpaired) electrons. The predicted molar refractivity (Wildman–Crippen MR) is 45.8 cm³/mol. The van der Waals surface area contributed by atoms with Gasteiger partial charge < -0.3 is 15.6 Å². The molecule has 0 spiro atoms. The molecule has 0 heterocycles. The summed E-state index contributed by atoms with van der Waals surface area (Å²) in [4.78, 5) is 0. The van der Waals surface area contributed by atoms with Gasteiger partial charge in [-0.05, 0) is 18.2 Å². The number of alkyl halides is 3. The van der Waals surface area contributed by atoms with Crippen LogP contribution in [0.15, 0.2) is 18.2 Å². The Kier molecular flexibility index (Phi) is 2.74. The van der Waals surface area contributed by atoms with Gasteiger partial charge in [-0.1, -0.05) is 0 Å². The van der Waals surface area contributed by atoms with Crippen molar-refractivity contribution in [1.29, 1.82) is 5.41 Å². The van der Waals surface area contributed by atoms with Crippen molar-refractivity contribution in [3.05, 3.63) is 23.8 Å². The van der Waals surface area contributed by atoms with Crippen molar-refractivity contribution in [2.75, 3.05) is 0 Å². The van der Waals surface area contributed by atoms with Gasteiger partial charge in [-0.15, -0.1) is 13.2 Å². The third-order valence-corrected chi connectivity index (χ3v) is 1.50. The van der Waals surface area contributed by atoms with Gasteiger partial charge in [0.25, 0.3) is 0 Å². The number of hydrogen-bond acceptors (Lipinski definition) is 3. The molecule has 4 nitrogen and oxygen atoms in total. The SMILES string of the molecule is N=C(N)c1ccc(OC(F)(F)F)c(O)c1. The molecule has 0 amide bonds. The Morgan fingerprint density at radius 2 is 2.00 bits per heavy atom. The molecule has 1 rings (SSSR count). The van der Waals surface area contributed by atoms with Gasteiger partial charge in [-0.3, -0.25) is 5.41 Å². The summed E-state index contributed by atoms with van der Waals surface area (Å²) < 4.78 is 38.8. The Hall–Kier alpha value is -1.92. The zero-order valence-corrected chi connectivity index (χ0v) is 7.30. The predicted octanol–water partition coefficient (Wildman–Crippen LogP) is 1.57. The molecular weight excluding hydrogens is 213 g/mol. The summed E-state index contributed by atoms with van der Waals surface area (Å²) >= 11 is 0. The van der Waals surface area contributed by atoms with Gasteiger partial charge in [0, 0.05) is 5.56 Å².